The van der Waals surface area contributed by atoms with Crippen molar-refractivity contribution in [2.75, 3.05) is 0 Å². The normalized spacial score (nSPS) is 11.9. The molecule has 1 aromatic rings. The third-order valence-corrected chi connectivity index (χ3v) is 2.31. The zero-order chi connectivity index (χ0) is 12.8. The van der Waals surface area contributed by atoms with Gasteiger partial charge in [0, 0.05) is 6.54 Å². The summed E-state index contributed by atoms with van der Waals surface area (Å²) in [5.74, 6) is -0.950. The van der Waals surface area contributed by atoms with Crippen LogP contribution in [0.25, 0.3) is 0 Å². The minimum absolute atomic E-state index is 0.139. The van der Waals surface area contributed by atoms with Gasteiger partial charge in [0.05, 0.1) is 12.5 Å². The van der Waals surface area contributed by atoms with Crippen molar-refractivity contribution in [1.82, 2.24) is 5.32 Å². The predicted octanol–water partition coefficient (Wildman–Crippen LogP) is -0.186. The van der Waals surface area contributed by atoms with E-state index in [1.165, 1.54) is 0 Å². The molecule has 0 saturated heterocycles. The Morgan fingerprint density at radius 2 is 2.12 bits per heavy atom. The molecule has 1 rings (SSSR count). The van der Waals surface area contributed by atoms with E-state index in [-0.39, 0.29) is 12.3 Å². The zero-order valence-electron chi connectivity index (χ0n) is 9.77. The quantitative estimate of drug-likeness (QED) is 0.660. The number of nitrogens with one attached hydrogen (secondary N) is 1. The van der Waals surface area contributed by atoms with Crippen molar-refractivity contribution >= 4 is 11.8 Å². The Morgan fingerprint density at radius 1 is 1.41 bits per heavy atom. The third-order valence-electron chi connectivity index (χ3n) is 2.31. The van der Waals surface area contributed by atoms with Gasteiger partial charge in [-0.25, -0.2) is 0 Å². The van der Waals surface area contributed by atoms with Crippen molar-refractivity contribution < 1.29 is 9.59 Å². The first-order valence-electron chi connectivity index (χ1n) is 5.36. The van der Waals surface area contributed by atoms with Gasteiger partial charge in [-0.05, 0) is 12.5 Å². The van der Waals surface area contributed by atoms with E-state index in [1.54, 1.807) is 0 Å². The highest BCUT2D eigenvalue weighted by Gasteiger charge is 2.15. The minimum Gasteiger partial charge on any atom is -0.370 e. The van der Waals surface area contributed by atoms with Gasteiger partial charge in [-0.2, -0.15) is 0 Å². The maximum absolute atomic E-state index is 11.5. The van der Waals surface area contributed by atoms with Crippen molar-refractivity contribution in [1.29, 1.82) is 0 Å². The average Bonchev–Trinajstić information content (AvgIpc) is 2.25. The van der Waals surface area contributed by atoms with Crippen LogP contribution in [0, 0.1) is 6.92 Å². The summed E-state index contributed by atoms with van der Waals surface area (Å²) in [6.45, 7) is 2.37. The fourth-order valence-electron chi connectivity index (χ4n) is 1.45. The van der Waals surface area contributed by atoms with Gasteiger partial charge in [0.15, 0.2) is 0 Å². The van der Waals surface area contributed by atoms with E-state index in [1.807, 2.05) is 31.2 Å². The van der Waals surface area contributed by atoms with Crippen molar-refractivity contribution in [2.24, 2.45) is 11.5 Å². The van der Waals surface area contributed by atoms with Gasteiger partial charge in [-0.3, -0.25) is 9.59 Å². The van der Waals surface area contributed by atoms with Crippen LogP contribution >= 0.6 is 0 Å². The molecular formula is C12H17N3O2. The summed E-state index contributed by atoms with van der Waals surface area (Å²) in [5.41, 5.74) is 12.6. The largest absolute Gasteiger partial charge is 0.370 e. The highest BCUT2D eigenvalue weighted by molar-refractivity contribution is 5.87. The molecule has 0 fully saturated rings. The molecule has 0 aliphatic heterocycles. The van der Waals surface area contributed by atoms with Crippen molar-refractivity contribution in [3.8, 4) is 0 Å². The number of aryl methyl sites for hydroxylation is 1. The number of carbonyl (C=O) groups is 2. The lowest BCUT2D eigenvalue weighted by Gasteiger charge is -2.10. The second-order valence-electron chi connectivity index (χ2n) is 3.98. The molecule has 1 atom stereocenters. The summed E-state index contributed by atoms with van der Waals surface area (Å²) in [6, 6.07) is 6.90. The Bertz CT molecular complexity index is 418. The molecule has 5 N–H and O–H groups in total. The first-order valence-corrected chi connectivity index (χ1v) is 5.36. The van der Waals surface area contributed by atoms with Crippen LogP contribution in [0.1, 0.15) is 17.5 Å². The summed E-state index contributed by atoms with van der Waals surface area (Å²) >= 11 is 0. The molecule has 2 amide bonds. The number of hydrogen-bond acceptors (Lipinski definition) is 3. The van der Waals surface area contributed by atoms with E-state index < -0.39 is 11.9 Å². The monoisotopic (exact) mass is 235 g/mol. The van der Waals surface area contributed by atoms with Crippen molar-refractivity contribution in [3.05, 3.63) is 35.4 Å². The Kier molecular flexibility index (Phi) is 4.66. The maximum Gasteiger partial charge on any atom is 0.237 e. The average molecular weight is 235 g/mol. The van der Waals surface area contributed by atoms with E-state index in [4.69, 9.17) is 11.5 Å². The minimum atomic E-state index is -0.877. The van der Waals surface area contributed by atoms with E-state index >= 15 is 0 Å². The Hall–Kier alpha value is -1.88. The van der Waals surface area contributed by atoms with Gasteiger partial charge in [-0.1, -0.05) is 29.8 Å². The van der Waals surface area contributed by atoms with Gasteiger partial charge in [-0.15, -0.1) is 0 Å². The highest BCUT2D eigenvalue weighted by Crippen LogP contribution is 2.03. The second kappa shape index (κ2) is 6.00. The Morgan fingerprint density at radius 3 is 2.71 bits per heavy atom. The second-order valence-corrected chi connectivity index (χ2v) is 3.98. The summed E-state index contributed by atoms with van der Waals surface area (Å²) in [7, 11) is 0. The molecule has 0 saturated carbocycles. The molecule has 0 heterocycles. The summed E-state index contributed by atoms with van der Waals surface area (Å²) < 4.78 is 0. The van der Waals surface area contributed by atoms with Crippen molar-refractivity contribution in [2.45, 2.75) is 25.9 Å². The molecule has 1 unspecified atom stereocenters. The number of hydrogen-bond donors (Lipinski definition) is 3. The summed E-state index contributed by atoms with van der Waals surface area (Å²) in [6.07, 6.45) is -0.139. The SMILES string of the molecule is Cc1cccc(CNC(=O)C(N)CC(N)=O)c1. The molecule has 0 bridgehead atoms. The van der Waals surface area contributed by atoms with Crippen LogP contribution in [-0.2, 0) is 16.1 Å². The standard InChI is InChI=1S/C12H17N3O2/c1-8-3-2-4-9(5-8)7-15-12(17)10(13)6-11(14)16/h2-5,10H,6-7,13H2,1H3,(H2,14,16)(H,15,17). The predicted molar refractivity (Wildman–Crippen MR) is 64.8 cm³/mol. The first kappa shape index (κ1) is 13.2. The van der Waals surface area contributed by atoms with Gasteiger partial charge in [0.25, 0.3) is 0 Å². The van der Waals surface area contributed by atoms with Crippen LogP contribution < -0.4 is 16.8 Å². The fraction of sp³-hybridized carbons (Fsp3) is 0.333. The third kappa shape index (κ3) is 4.65. The molecule has 5 heteroatoms. The Balaban J connectivity index is 2.45. The molecule has 0 radical (unpaired) electrons. The van der Waals surface area contributed by atoms with E-state index in [0.717, 1.165) is 11.1 Å². The van der Waals surface area contributed by atoms with Crippen molar-refractivity contribution in [3.63, 3.8) is 0 Å². The lowest BCUT2D eigenvalue weighted by Crippen LogP contribution is -2.42. The first-order chi connectivity index (χ1) is 7.99. The smallest absolute Gasteiger partial charge is 0.237 e. The zero-order valence-corrected chi connectivity index (χ0v) is 9.77. The number of carbonyl (C=O) groups excluding carboxylic acids is 2. The molecule has 0 aromatic heterocycles. The van der Waals surface area contributed by atoms with Crippen LogP contribution in [0.2, 0.25) is 0 Å². The van der Waals surface area contributed by atoms with Gasteiger partial charge in [0.1, 0.15) is 0 Å². The van der Waals surface area contributed by atoms with Gasteiger partial charge < -0.3 is 16.8 Å². The maximum atomic E-state index is 11.5. The van der Waals surface area contributed by atoms with Crippen LogP contribution in [0.3, 0.4) is 0 Å². The summed E-state index contributed by atoms with van der Waals surface area (Å²) in [4.78, 5) is 22.1. The number of rotatable bonds is 5. The Labute approximate surface area is 100 Å². The van der Waals surface area contributed by atoms with E-state index in [2.05, 4.69) is 5.32 Å². The van der Waals surface area contributed by atoms with Crippen LogP contribution in [0.5, 0.6) is 0 Å². The topological polar surface area (TPSA) is 98.2 Å². The van der Waals surface area contributed by atoms with Crippen LogP contribution in [0.15, 0.2) is 24.3 Å². The number of benzene rings is 1. The molecule has 5 nitrogen and oxygen atoms in total. The molecule has 0 aliphatic rings. The molecular weight excluding hydrogens is 218 g/mol. The lowest BCUT2D eigenvalue weighted by molar-refractivity contribution is -0.126. The summed E-state index contributed by atoms with van der Waals surface area (Å²) in [5, 5.41) is 2.66. The number of nitrogens with two attached hydrogens (primary N) is 2. The molecule has 92 valence electrons. The van der Waals surface area contributed by atoms with E-state index in [9.17, 15) is 9.59 Å². The fourth-order valence-corrected chi connectivity index (χ4v) is 1.45. The number of amides is 2. The van der Waals surface area contributed by atoms with E-state index in [0.29, 0.717) is 6.54 Å². The molecule has 17 heavy (non-hydrogen) atoms. The number of primary amides is 1. The molecule has 0 spiro atoms. The van der Waals surface area contributed by atoms with Crippen LogP contribution in [-0.4, -0.2) is 17.9 Å². The lowest BCUT2D eigenvalue weighted by atomic mass is 10.1. The highest BCUT2D eigenvalue weighted by atomic mass is 16.2. The van der Waals surface area contributed by atoms with Crippen LogP contribution in [0.4, 0.5) is 0 Å². The van der Waals surface area contributed by atoms with Gasteiger partial charge in [0.2, 0.25) is 11.8 Å². The molecule has 1 aromatic carbocycles. The van der Waals surface area contributed by atoms with Gasteiger partial charge >= 0.3 is 0 Å². The molecule has 0 aliphatic carbocycles.